The van der Waals surface area contributed by atoms with Gasteiger partial charge in [0.2, 0.25) is 0 Å². The van der Waals surface area contributed by atoms with Crippen LogP contribution < -0.4 is 15.4 Å². The van der Waals surface area contributed by atoms with Crippen molar-refractivity contribution in [3.05, 3.63) is 60.5 Å². The minimum atomic E-state index is 0. The number of hydrogen-bond donors (Lipinski definition) is 2. The van der Waals surface area contributed by atoms with Crippen LogP contribution in [0.5, 0.6) is 5.75 Å². The number of halogens is 1. The topological polar surface area (TPSA) is 71.7 Å². The van der Waals surface area contributed by atoms with Crippen molar-refractivity contribution in [2.24, 2.45) is 4.99 Å². The van der Waals surface area contributed by atoms with Crippen LogP contribution in [0.3, 0.4) is 0 Å². The molecule has 0 aliphatic rings. The van der Waals surface area contributed by atoms with E-state index in [2.05, 4.69) is 27.4 Å². The summed E-state index contributed by atoms with van der Waals surface area (Å²) < 4.78 is 10.5. The molecule has 0 saturated heterocycles. The van der Waals surface area contributed by atoms with E-state index in [9.17, 15) is 0 Å². The van der Waals surface area contributed by atoms with Crippen LogP contribution in [-0.2, 0) is 13.1 Å². The van der Waals surface area contributed by atoms with E-state index in [4.69, 9.17) is 9.26 Å². The van der Waals surface area contributed by atoms with E-state index in [1.165, 1.54) is 0 Å². The van der Waals surface area contributed by atoms with Crippen molar-refractivity contribution in [3.8, 4) is 5.75 Å². The van der Waals surface area contributed by atoms with Crippen LogP contribution in [0.25, 0.3) is 0 Å². The summed E-state index contributed by atoms with van der Waals surface area (Å²) in [5, 5.41) is 10.3. The molecule has 24 heavy (non-hydrogen) atoms. The van der Waals surface area contributed by atoms with E-state index in [-0.39, 0.29) is 24.0 Å². The standard InChI is InChI=1S/C17H22N4O2.HI/c1-3-10-22-16-8-6-5-7-14(16)12-19-17(18-4-2)20-13-15-9-11-23-21-15;/h3,5-9,11H,1,4,10,12-13H2,2H3,(H2,18,19,20);1H. The van der Waals surface area contributed by atoms with Crippen molar-refractivity contribution < 1.29 is 9.26 Å². The number of aromatic nitrogens is 1. The van der Waals surface area contributed by atoms with Crippen molar-refractivity contribution in [3.63, 3.8) is 0 Å². The average Bonchev–Trinajstić information content (AvgIpc) is 3.09. The lowest BCUT2D eigenvalue weighted by atomic mass is 10.2. The first kappa shape index (κ1) is 20.0. The van der Waals surface area contributed by atoms with E-state index in [0.29, 0.717) is 25.7 Å². The molecule has 2 rings (SSSR count). The number of ether oxygens (including phenoxy) is 1. The van der Waals surface area contributed by atoms with E-state index in [0.717, 1.165) is 23.6 Å². The van der Waals surface area contributed by atoms with Crippen molar-refractivity contribution in [1.29, 1.82) is 0 Å². The molecule has 2 N–H and O–H groups in total. The summed E-state index contributed by atoms with van der Waals surface area (Å²) in [4.78, 5) is 4.58. The quantitative estimate of drug-likeness (QED) is 0.285. The smallest absolute Gasteiger partial charge is 0.191 e. The molecule has 0 fully saturated rings. The van der Waals surface area contributed by atoms with Crippen LogP contribution >= 0.6 is 24.0 Å². The number of benzene rings is 1. The number of nitrogens with zero attached hydrogens (tertiary/aromatic N) is 2. The minimum Gasteiger partial charge on any atom is -0.489 e. The fourth-order valence-electron chi connectivity index (χ4n) is 1.93. The Morgan fingerprint density at radius 2 is 2.17 bits per heavy atom. The van der Waals surface area contributed by atoms with Crippen LogP contribution in [0.15, 0.2) is 58.8 Å². The van der Waals surface area contributed by atoms with Gasteiger partial charge in [-0.2, -0.15) is 0 Å². The maximum atomic E-state index is 5.65. The van der Waals surface area contributed by atoms with Gasteiger partial charge in [-0.05, 0) is 13.0 Å². The molecule has 6 nitrogen and oxygen atoms in total. The van der Waals surface area contributed by atoms with Gasteiger partial charge in [-0.25, -0.2) is 4.99 Å². The third-order valence-corrected chi connectivity index (χ3v) is 3.01. The summed E-state index contributed by atoms with van der Waals surface area (Å²) in [5.74, 6) is 1.54. The number of hydrogen-bond acceptors (Lipinski definition) is 4. The second-order valence-corrected chi connectivity index (χ2v) is 4.75. The maximum Gasteiger partial charge on any atom is 0.191 e. The Labute approximate surface area is 159 Å². The number of para-hydroxylation sites is 1. The molecule has 1 aromatic carbocycles. The maximum absolute atomic E-state index is 5.65. The number of nitrogens with one attached hydrogen (secondary N) is 2. The zero-order valence-corrected chi connectivity index (χ0v) is 16.0. The number of aliphatic imine (C=N–C) groups is 1. The predicted molar refractivity (Wildman–Crippen MR) is 106 cm³/mol. The highest BCUT2D eigenvalue weighted by Crippen LogP contribution is 2.18. The highest BCUT2D eigenvalue weighted by atomic mass is 127. The molecule has 0 saturated carbocycles. The van der Waals surface area contributed by atoms with Gasteiger partial charge in [-0.3, -0.25) is 0 Å². The second-order valence-electron chi connectivity index (χ2n) is 4.75. The van der Waals surface area contributed by atoms with Crippen molar-refractivity contribution in [2.75, 3.05) is 13.2 Å². The Morgan fingerprint density at radius 1 is 1.33 bits per heavy atom. The monoisotopic (exact) mass is 442 g/mol. The van der Waals surface area contributed by atoms with Gasteiger partial charge in [0.25, 0.3) is 0 Å². The van der Waals surface area contributed by atoms with E-state index >= 15 is 0 Å². The molecule has 130 valence electrons. The molecule has 0 amide bonds. The fraction of sp³-hybridized carbons (Fsp3) is 0.294. The zero-order valence-electron chi connectivity index (χ0n) is 13.7. The van der Waals surface area contributed by atoms with Crippen LogP contribution in [0.4, 0.5) is 0 Å². The predicted octanol–water partition coefficient (Wildman–Crippen LogP) is 3.11. The summed E-state index contributed by atoms with van der Waals surface area (Å²) in [6.45, 7) is 8.01. The summed E-state index contributed by atoms with van der Waals surface area (Å²) in [7, 11) is 0. The van der Waals surface area contributed by atoms with Gasteiger partial charge < -0.3 is 19.9 Å². The molecule has 0 aliphatic heterocycles. The molecule has 0 radical (unpaired) electrons. The molecule has 0 unspecified atom stereocenters. The van der Waals surface area contributed by atoms with Crippen molar-refractivity contribution in [1.82, 2.24) is 15.8 Å². The van der Waals surface area contributed by atoms with Gasteiger partial charge in [-0.15, -0.1) is 24.0 Å². The first-order valence-electron chi connectivity index (χ1n) is 7.56. The van der Waals surface area contributed by atoms with Gasteiger partial charge in [0, 0.05) is 18.2 Å². The lowest BCUT2D eigenvalue weighted by molar-refractivity contribution is 0.359. The Balaban J connectivity index is 0.00000288. The molecule has 0 aliphatic carbocycles. The SMILES string of the molecule is C=CCOc1ccccc1CN=C(NCC)NCc1ccon1.I. The fourth-order valence-corrected chi connectivity index (χ4v) is 1.93. The third-order valence-electron chi connectivity index (χ3n) is 3.01. The lowest BCUT2D eigenvalue weighted by Crippen LogP contribution is -2.36. The molecular formula is C17H23IN4O2. The van der Waals surface area contributed by atoms with Crippen LogP contribution in [0, 0.1) is 0 Å². The van der Waals surface area contributed by atoms with Crippen LogP contribution in [-0.4, -0.2) is 24.3 Å². The second kappa shape index (κ2) is 11.5. The Kier molecular flexibility index (Phi) is 9.59. The molecule has 0 spiro atoms. The number of guanidine groups is 1. The first-order chi connectivity index (χ1) is 11.3. The molecule has 7 heteroatoms. The number of rotatable bonds is 8. The van der Waals surface area contributed by atoms with Crippen molar-refractivity contribution in [2.45, 2.75) is 20.0 Å². The van der Waals surface area contributed by atoms with Gasteiger partial charge in [-0.1, -0.05) is 36.0 Å². The third kappa shape index (κ3) is 6.61. The van der Waals surface area contributed by atoms with Crippen LogP contribution in [0.2, 0.25) is 0 Å². The Bertz CT molecular complexity index is 629. The zero-order chi connectivity index (χ0) is 16.3. The normalized spacial score (nSPS) is 10.6. The highest BCUT2D eigenvalue weighted by molar-refractivity contribution is 14.0. The van der Waals surface area contributed by atoms with E-state index in [1.54, 1.807) is 12.3 Å². The first-order valence-corrected chi connectivity index (χ1v) is 7.56. The summed E-state index contributed by atoms with van der Waals surface area (Å²) in [6.07, 6.45) is 3.28. The Hall–Kier alpha value is -2.03. The average molecular weight is 442 g/mol. The van der Waals surface area contributed by atoms with Gasteiger partial charge >= 0.3 is 0 Å². The van der Waals surface area contributed by atoms with Gasteiger partial charge in [0.1, 0.15) is 24.3 Å². The van der Waals surface area contributed by atoms with Crippen molar-refractivity contribution >= 4 is 29.9 Å². The van der Waals surface area contributed by atoms with E-state index < -0.39 is 0 Å². The summed E-state index contributed by atoms with van der Waals surface area (Å²) in [5.41, 5.74) is 1.85. The summed E-state index contributed by atoms with van der Waals surface area (Å²) >= 11 is 0. The lowest BCUT2D eigenvalue weighted by Gasteiger charge is -2.11. The molecule has 1 aromatic heterocycles. The van der Waals surface area contributed by atoms with Crippen LogP contribution in [0.1, 0.15) is 18.2 Å². The highest BCUT2D eigenvalue weighted by Gasteiger charge is 2.04. The molecule has 0 bridgehead atoms. The molecular weight excluding hydrogens is 419 g/mol. The summed E-state index contributed by atoms with van der Waals surface area (Å²) in [6, 6.07) is 9.67. The van der Waals surface area contributed by atoms with Gasteiger partial charge in [0.15, 0.2) is 5.96 Å². The van der Waals surface area contributed by atoms with Gasteiger partial charge in [0.05, 0.1) is 13.1 Å². The van der Waals surface area contributed by atoms with E-state index in [1.807, 2.05) is 37.3 Å². The Morgan fingerprint density at radius 3 is 2.88 bits per heavy atom. The largest absolute Gasteiger partial charge is 0.489 e. The molecule has 1 heterocycles. The molecule has 2 aromatic rings. The minimum absolute atomic E-state index is 0. The molecule has 0 atom stereocenters.